The Bertz CT molecular complexity index is 1720. The standard InChI is InChI=1S/C33H21F11O2/c1-2-3-4-5-19-12-25(36)30(26(37)13-19)32(40,41)45-22-16-23(34)29(24(35)17-22)21-10-8-18(9-11-21)6-7-20-14-27(38)31(28(39)15-20)46-33(42,43)44/h8-17H,2-5H2,1H3. The molecule has 0 aromatic heterocycles. The van der Waals surface area contributed by atoms with E-state index < -0.39 is 70.0 Å². The Balaban J connectivity index is 1.52. The summed E-state index contributed by atoms with van der Waals surface area (Å²) in [5.74, 6) is -7.10. The number of unbranched alkanes of at least 4 members (excludes halogenated alkanes) is 2. The Kier molecular flexibility index (Phi) is 10.2. The van der Waals surface area contributed by atoms with Gasteiger partial charge in [-0.05, 0) is 60.4 Å². The number of rotatable bonds is 9. The third kappa shape index (κ3) is 8.29. The van der Waals surface area contributed by atoms with Gasteiger partial charge in [-0.1, -0.05) is 43.7 Å². The summed E-state index contributed by atoms with van der Waals surface area (Å²) >= 11 is 0. The second-order valence-electron chi connectivity index (χ2n) is 9.92. The first-order valence-electron chi connectivity index (χ1n) is 13.5. The molecular weight excluding hydrogens is 637 g/mol. The molecule has 46 heavy (non-hydrogen) atoms. The molecule has 0 aliphatic carbocycles. The van der Waals surface area contributed by atoms with Crippen LogP contribution in [-0.4, -0.2) is 6.36 Å². The van der Waals surface area contributed by atoms with Crippen LogP contribution in [0.15, 0.2) is 60.7 Å². The van der Waals surface area contributed by atoms with E-state index in [0.717, 1.165) is 25.0 Å². The van der Waals surface area contributed by atoms with E-state index in [9.17, 15) is 48.3 Å². The van der Waals surface area contributed by atoms with Gasteiger partial charge in [0.25, 0.3) is 0 Å². The predicted octanol–water partition coefficient (Wildman–Crippen LogP) is 10.3. The van der Waals surface area contributed by atoms with E-state index >= 15 is 0 Å². The Morgan fingerprint density at radius 3 is 1.67 bits per heavy atom. The molecule has 0 unspecified atom stereocenters. The molecule has 4 aromatic rings. The zero-order chi connectivity index (χ0) is 33.8. The fourth-order valence-corrected chi connectivity index (χ4v) is 4.42. The summed E-state index contributed by atoms with van der Waals surface area (Å²) in [6.45, 7) is 1.92. The number of hydrogen-bond acceptors (Lipinski definition) is 2. The van der Waals surface area contributed by atoms with Crippen molar-refractivity contribution in [2.75, 3.05) is 0 Å². The highest BCUT2D eigenvalue weighted by Crippen LogP contribution is 2.38. The van der Waals surface area contributed by atoms with Crippen LogP contribution >= 0.6 is 0 Å². The molecule has 0 aliphatic rings. The second-order valence-corrected chi connectivity index (χ2v) is 9.92. The Morgan fingerprint density at radius 2 is 1.15 bits per heavy atom. The van der Waals surface area contributed by atoms with Crippen molar-refractivity contribution in [2.24, 2.45) is 0 Å². The van der Waals surface area contributed by atoms with Gasteiger partial charge in [-0.3, -0.25) is 0 Å². The van der Waals surface area contributed by atoms with Gasteiger partial charge in [0, 0.05) is 23.3 Å². The average Bonchev–Trinajstić information content (AvgIpc) is 2.93. The smallest absolute Gasteiger partial charge is 0.429 e. The van der Waals surface area contributed by atoms with Gasteiger partial charge >= 0.3 is 12.5 Å². The van der Waals surface area contributed by atoms with Crippen molar-refractivity contribution in [3.63, 3.8) is 0 Å². The number of aryl methyl sites for hydroxylation is 1. The third-order valence-electron chi connectivity index (χ3n) is 6.46. The lowest BCUT2D eigenvalue weighted by molar-refractivity contribution is -0.276. The number of benzene rings is 4. The van der Waals surface area contributed by atoms with Gasteiger partial charge in [0.1, 0.15) is 34.6 Å². The van der Waals surface area contributed by atoms with Crippen LogP contribution in [0.25, 0.3) is 11.1 Å². The fraction of sp³-hybridized carbons (Fsp3) is 0.212. The van der Waals surface area contributed by atoms with Crippen LogP contribution in [0.2, 0.25) is 0 Å². The summed E-state index contributed by atoms with van der Waals surface area (Å²) in [6, 6.07) is 8.17. The summed E-state index contributed by atoms with van der Waals surface area (Å²) < 4.78 is 161. The first-order valence-corrected chi connectivity index (χ1v) is 13.5. The van der Waals surface area contributed by atoms with Crippen LogP contribution in [0, 0.1) is 46.7 Å². The molecule has 242 valence electrons. The minimum absolute atomic E-state index is 0.0969. The molecule has 0 N–H and O–H groups in total. The maximum atomic E-state index is 14.9. The Labute approximate surface area is 255 Å². The Morgan fingerprint density at radius 1 is 0.609 bits per heavy atom. The van der Waals surface area contributed by atoms with Gasteiger partial charge < -0.3 is 9.47 Å². The van der Waals surface area contributed by atoms with Gasteiger partial charge in [0.05, 0.1) is 5.56 Å². The molecule has 0 heterocycles. The zero-order valence-electron chi connectivity index (χ0n) is 23.6. The summed E-state index contributed by atoms with van der Waals surface area (Å²) in [5, 5.41) is 0. The van der Waals surface area contributed by atoms with Crippen LogP contribution in [-0.2, 0) is 12.5 Å². The highest BCUT2D eigenvalue weighted by atomic mass is 19.4. The van der Waals surface area contributed by atoms with Crippen LogP contribution in [0.3, 0.4) is 0 Å². The van der Waals surface area contributed by atoms with E-state index in [-0.39, 0.29) is 28.7 Å². The lowest BCUT2D eigenvalue weighted by atomic mass is 10.0. The van der Waals surface area contributed by atoms with E-state index in [1.807, 2.05) is 6.92 Å². The second kappa shape index (κ2) is 13.7. The predicted molar refractivity (Wildman–Crippen MR) is 145 cm³/mol. The van der Waals surface area contributed by atoms with Crippen molar-refractivity contribution in [2.45, 2.75) is 45.1 Å². The van der Waals surface area contributed by atoms with Gasteiger partial charge in [-0.2, -0.15) is 8.78 Å². The van der Waals surface area contributed by atoms with E-state index in [1.54, 1.807) is 0 Å². The number of alkyl halides is 5. The van der Waals surface area contributed by atoms with Crippen molar-refractivity contribution in [1.29, 1.82) is 0 Å². The van der Waals surface area contributed by atoms with Crippen molar-refractivity contribution < 1.29 is 57.8 Å². The van der Waals surface area contributed by atoms with Gasteiger partial charge in [0.2, 0.25) is 5.75 Å². The van der Waals surface area contributed by atoms with Crippen molar-refractivity contribution in [1.82, 2.24) is 0 Å². The van der Waals surface area contributed by atoms with Crippen molar-refractivity contribution in [3.05, 3.63) is 118 Å². The normalized spacial score (nSPS) is 11.7. The topological polar surface area (TPSA) is 18.5 Å². The molecule has 0 atom stereocenters. The largest absolute Gasteiger partial charge is 0.573 e. The zero-order valence-corrected chi connectivity index (χ0v) is 23.6. The van der Waals surface area contributed by atoms with Gasteiger partial charge in [-0.15, -0.1) is 13.2 Å². The molecular formula is C33H21F11O2. The summed E-state index contributed by atoms with van der Waals surface area (Å²) in [4.78, 5) is 0. The number of hydrogen-bond donors (Lipinski definition) is 0. The molecule has 13 heteroatoms. The Hall–Kier alpha value is -4.73. The lowest BCUT2D eigenvalue weighted by Gasteiger charge is -2.20. The minimum atomic E-state index is -5.33. The van der Waals surface area contributed by atoms with Crippen molar-refractivity contribution in [3.8, 4) is 34.5 Å². The maximum absolute atomic E-state index is 14.9. The molecule has 4 rings (SSSR count). The maximum Gasteiger partial charge on any atom is 0.573 e. The molecule has 0 aliphatic heterocycles. The quantitative estimate of drug-likeness (QED) is 0.101. The van der Waals surface area contributed by atoms with E-state index in [2.05, 4.69) is 21.3 Å². The highest BCUT2D eigenvalue weighted by Gasteiger charge is 2.41. The van der Waals surface area contributed by atoms with Crippen molar-refractivity contribution >= 4 is 0 Å². The molecule has 2 nitrogen and oxygen atoms in total. The molecule has 0 spiro atoms. The number of ether oxygens (including phenoxy) is 2. The van der Waals surface area contributed by atoms with E-state index in [1.165, 1.54) is 24.3 Å². The van der Waals surface area contributed by atoms with Gasteiger partial charge in [0.15, 0.2) is 11.6 Å². The van der Waals surface area contributed by atoms with Gasteiger partial charge in [-0.25, -0.2) is 26.3 Å². The lowest BCUT2D eigenvalue weighted by Crippen LogP contribution is -2.25. The van der Waals surface area contributed by atoms with E-state index in [4.69, 9.17) is 0 Å². The molecule has 0 bridgehead atoms. The fourth-order valence-electron chi connectivity index (χ4n) is 4.42. The molecule has 0 saturated carbocycles. The van der Waals surface area contributed by atoms with Crippen LogP contribution in [0.4, 0.5) is 48.3 Å². The van der Waals surface area contributed by atoms with Crippen LogP contribution < -0.4 is 9.47 Å². The summed E-state index contributed by atoms with van der Waals surface area (Å²) in [5.41, 5.74) is -2.52. The molecule has 4 aromatic carbocycles. The van der Waals surface area contributed by atoms with E-state index in [0.29, 0.717) is 30.7 Å². The summed E-state index contributed by atoms with van der Waals surface area (Å²) in [6.07, 6.45) is -7.50. The molecule has 0 radical (unpaired) electrons. The summed E-state index contributed by atoms with van der Waals surface area (Å²) in [7, 11) is 0. The molecule has 0 saturated heterocycles. The third-order valence-corrected chi connectivity index (χ3v) is 6.46. The number of halogens is 11. The van der Waals surface area contributed by atoms with Crippen LogP contribution in [0.5, 0.6) is 11.5 Å². The molecule has 0 fully saturated rings. The first-order chi connectivity index (χ1) is 21.6. The average molecular weight is 659 g/mol. The first kappa shape index (κ1) is 34.1. The monoisotopic (exact) mass is 658 g/mol. The molecule has 0 amide bonds. The minimum Gasteiger partial charge on any atom is -0.429 e. The van der Waals surface area contributed by atoms with Crippen LogP contribution in [0.1, 0.15) is 48.4 Å². The SMILES string of the molecule is CCCCCc1cc(F)c(C(F)(F)Oc2cc(F)c(-c3ccc(C#Cc4cc(F)c(OC(F)(F)F)c(F)c4)cc3)c(F)c2)c(F)c1. The highest BCUT2D eigenvalue weighted by molar-refractivity contribution is 5.67.